The quantitative estimate of drug-likeness (QED) is 0.0869. The molecule has 0 fully saturated rings. The lowest BCUT2D eigenvalue weighted by molar-refractivity contribution is 0.669. The summed E-state index contributed by atoms with van der Waals surface area (Å²) in [6.45, 7) is 0. The average Bonchev–Trinajstić information content (AvgIpc) is 3.95. The highest BCUT2D eigenvalue weighted by atomic mass is 28.3. The van der Waals surface area contributed by atoms with Crippen molar-refractivity contribution in [2.45, 2.75) is 6.42 Å². The number of nitrogens with zero attached hydrogens (tertiary/aromatic N) is 2. The molecule has 0 unspecified atom stereocenters. The average molecular weight is 809 g/mol. The van der Waals surface area contributed by atoms with Gasteiger partial charge in [-0.05, 0) is 90.5 Å². The van der Waals surface area contributed by atoms with Crippen molar-refractivity contribution in [1.29, 1.82) is 0 Å². The van der Waals surface area contributed by atoms with Crippen molar-refractivity contribution in [3.05, 3.63) is 242 Å². The molecule has 10 aromatic carbocycles. The predicted octanol–water partition coefficient (Wildman–Crippen LogP) is 12.4. The van der Waals surface area contributed by atoms with E-state index >= 15 is 0 Å². The molecule has 11 aromatic rings. The van der Waals surface area contributed by atoms with Gasteiger partial charge in [-0.15, -0.1) is 0 Å². The summed E-state index contributed by atoms with van der Waals surface area (Å²) in [6, 6.07) is 84.2. The van der Waals surface area contributed by atoms with Crippen LogP contribution in [0.3, 0.4) is 0 Å². The first-order chi connectivity index (χ1) is 30.7. The maximum atomic E-state index is 6.58. The van der Waals surface area contributed by atoms with E-state index in [1.54, 1.807) is 0 Å². The molecule has 4 heteroatoms. The van der Waals surface area contributed by atoms with Gasteiger partial charge in [-0.2, -0.15) is 0 Å². The molecule has 0 bridgehead atoms. The Morgan fingerprint density at radius 1 is 0.419 bits per heavy atom. The highest BCUT2D eigenvalue weighted by Crippen LogP contribution is 2.45. The third-order valence-electron chi connectivity index (χ3n) is 12.8. The van der Waals surface area contributed by atoms with Crippen LogP contribution in [0, 0.1) is 0 Å². The van der Waals surface area contributed by atoms with Gasteiger partial charge in [0.05, 0.1) is 17.1 Å². The van der Waals surface area contributed by atoms with Gasteiger partial charge in [0.15, 0.2) is 8.07 Å². The molecule has 0 aliphatic carbocycles. The Labute approximate surface area is 361 Å². The van der Waals surface area contributed by atoms with Gasteiger partial charge in [-0.1, -0.05) is 182 Å². The molecule has 12 rings (SSSR count). The standard InChI is InChI=1S/C58H40N2OSi/c1-5-17-40(18-6-1)54-39-52-53(59-54)36-32-41-31-34-48-51(58(41)52)28-16-29-55(48)60(43-33-35-50-49-27-13-14-30-56(49)61-57(50)38-43)42-19-15-26-47(37-42)62(44-20-7-2-8-21-44,45-22-9-3-10-23-45)46-24-11-4-12-25-46/h1-38H,39H2. The van der Waals surface area contributed by atoms with Crippen LogP contribution < -0.4 is 25.6 Å². The number of hydrogen-bond acceptors (Lipinski definition) is 3. The first-order valence-electron chi connectivity index (χ1n) is 21.3. The zero-order valence-electron chi connectivity index (χ0n) is 33.9. The number of para-hydroxylation sites is 1. The van der Waals surface area contributed by atoms with E-state index in [2.05, 4.69) is 229 Å². The van der Waals surface area contributed by atoms with Gasteiger partial charge in [-0.3, -0.25) is 4.99 Å². The topological polar surface area (TPSA) is 28.7 Å². The maximum absolute atomic E-state index is 6.58. The number of anilines is 3. The second-order valence-electron chi connectivity index (χ2n) is 16.2. The predicted molar refractivity (Wildman–Crippen MR) is 263 cm³/mol. The molecule has 0 N–H and O–H groups in total. The molecule has 0 saturated carbocycles. The smallest absolute Gasteiger partial charge is 0.179 e. The zero-order chi connectivity index (χ0) is 41.0. The monoisotopic (exact) mass is 808 g/mol. The Morgan fingerprint density at radius 3 is 1.71 bits per heavy atom. The van der Waals surface area contributed by atoms with Crippen LogP contribution in [0.5, 0.6) is 0 Å². The van der Waals surface area contributed by atoms with E-state index in [4.69, 9.17) is 9.41 Å². The fourth-order valence-corrected chi connectivity index (χ4v) is 14.9. The molecule has 0 radical (unpaired) electrons. The molecule has 0 saturated heterocycles. The minimum Gasteiger partial charge on any atom is -0.456 e. The minimum atomic E-state index is -2.84. The third-order valence-corrected chi connectivity index (χ3v) is 17.6. The highest BCUT2D eigenvalue weighted by molar-refractivity contribution is 7.19. The van der Waals surface area contributed by atoms with E-state index in [0.717, 1.165) is 56.8 Å². The van der Waals surface area contributed by atoms with Crippen molar-refractivity contribution < 1.29 is 4.42 Å². The van der Waals surface area contributed by atoms with Crippen molar-refractivity contribution in [2.24, 2.45) is 4.99 Å². The molecule has 3 nitrogen and oxygen atoms in total. The number of aliphatic imine (C=N–C) groups is 1. The molecular weight excluding hydrogens is 769 g/mol. The summed E-state index contributed by atoms with van der Waals surface area (Å²) < 4.78 is 6.58. The van der Waals surface area contributed by atoms with Crippen molar-refractivity contribution in [2.75, 3.05) is 4.90 Å². The molecule has 1 aromatic heterocycles. The SMILES string of the molecule is c1ccc(C2=Nc3ccc4ccc5c(N(c6cccc([Si](c7ccccc7)(c7ccccc7)c7ccccc7)c6)c6ccc7c(c6)oc6ccccc67)cccc5c4c3C2)cc1. The summed E-state index contributed by atoms with van der Waals surface area (Å²) in [5, 5.41) is 12.4. The summed E-state index contributed by atoms with van der Waals surface area (Å²) in [7, 11) is -2.84. The molecule has 292 valence electrons. The fraction of sp³-hybridized carbons (Fsp3) is 0.0172. The summed E-state index contributed by atoms with van der Waals surface area (Å²) in [5.74, 6) is 0. The van der Waals surface area contributed by atoms with Crippen molar-refractivity contribution in [1.82, 2.24) is 0 Å². The molecular formula is C58H40N2OSi. The second kappa shape index (κ2) is 14.7. The van der Waals surface area contributed by atoms with Crippen molar-refractivity contribution in [3.8, 4) is 0 Å². The van der Waals surface area contributed by atoms with Crippen molar-refractivity contribution in [3.63, 3.8) is 0 Å². The van der Waals surface area contributed by atoms with Gasteiger partial charge in [-0.25, -0.2) is 0 Å². The molecule has 2 heterocycles. The molecule has 0 amide bonds. The van der Waals surface area contributed by atoms with E-state index in [1.807, 2.05) is 6.07 Å². The molecule has 0 spiro atoms. The molecule has 0 atom stereocenters. The second-order valence-corrected chi connectivity index (χ2v) is 20.0. The summed E-state index contributed by atoms with van der Waals surface area (Å²) in [6.07, 6.45) is 0.791. The summed E-state index contributed by atoms with van der Waals surface area (Å²) in [4.78, 5) is 7.63. The lowest BCUT2D eigenvalue weighted by Gasteiger charge is -2.35. The van der Waals surface area contributed by atoms with Crippen LogP contribution in [0.2, 0.25) is 0 Å². The summed E-state index contributed by atoms with van der Waals surface area (Å²) >= 11 is 0. The van der Waals surface area contributed by atoms with Crippen LogP contribution in [0.25, 0.3) is 43.5 Å². The van der Waals surface area contributed by atoms with Gasteiger partial charge in [0.1, 0.15) is 11.2 Å². The van der Waals surface area contributed by atoms with E-state index in [-0.39, 0.29) is 0 Å². The molecule has 1 aliphatic rings. The zero-order valence-corrected chi connectivity index (χ0v) is 34.9. The van der Waals surface area contributed by atoms with Crippen LogP contribution in [0.15, 0.2) is 240 Å². The number of furan rings is 1. The van der Waals surface area contributed by atoms with Crippen LogP contribution in [-0.2, 0) is 6.42 Å². The Bertz CT molecular complexity index is 3390. The molecule has 62 heavy (non-hydrogen) atoms. The van der Waals surface area contributed by atoms with Gasteiger partial charge in [0, 0.05) is 40.0 Å². The Morgan fingerprint density at radius 2 is 0.984 bits per heavy atom. The van der Waals surface area contributed by atoms with E-state index < -0.39 is 8.07 Å². The van der Waals surface area contributed by atoms with Crippen molar-refractivity contribution >= 4 is 101 Å². The minimum absolute atomic E-state index is 0.791. The Kier molecular flexibility index (Phi) is 8.58. The van der Waals surface area contributed by atoms with E-state index in [1.165, 1.54) is 53.4 Å². The highest BCUT2D eigenvalue weighted by Gasteiger charge is 2.41. The first kappa shape index (κ1) is 36.1. The third kappa shape index (κ3) is 5.76. The first-order valence-corrected chi connectivity index (χ1v) is 23.3. The Hall–Kier alpha value is -7.79. The van der Waals surface area contributed by atoms with Gasteiger partial charge in [0.25, 0.3) is 0 Å². The number of fused-ring (bicyclic) bond motifs is 8. The van der Waals surface area contributed by atoms with Crippen LogP contribution >= 0.6 is 0 Å². The van der Waals surface area contributed by atoms with E-state index in [9.17, 15) is 0 Å². The number of benzene rings is 10. The van der Waals surface area contributed by atoms with Gasteiger partial charge >= 0.3 is 0 Å². The molecule has 1 aliphatic heterocycles. The fourth-order valence-electron chi connectivity index (χ4n) is 10.1. The van der Waals surface area contributed by atoms with Crippen LogP contribution in [-0.4, -0.2) is 13.8 Å². The van der Waals surface area contributed by atoms with Crippen LogP contribution in [0.4, 0.5) is 22.7 Å². The van der Waals surface area contributed by atoms with Crippen LogP contribution in [0.1, 0.15) is 11.1 Å². The number of hydrogen-bond donors (Lipinski definition) is 0. The van der Waals surface area contributed by atoms with Gasteiger partial charge in [0.2, 0.25) is 0 Å². The lowest BCUT2D eigenvalue weighted by Crippen LogP contribution is -2.74. The number of rotatable bonds is 8. The lowest BCUT2D eigenvalue weighted by atomic mass is 9.93. The summed E-state index contributed by atoms with van der Waals surface area (Å²) in [5.41, 5.74) is 9.58. The van der Waals surface area contributed by atoms with Gasteiger partial charge < -0.3 is 9.32 Å². The van der Waals surface area contributed by atoms with E-state index in [0.29, 0.717) is 0 Å². The normalized spacial score (nSPS) is 12.5. The maximum Gasteiger partial charge on any atom is 0.179 e. The Balaban J connectivity index is 1.11. The largest absolute Gasteiger partial charge is 0.456 e.